The second kappa shape index (κ2) is 6.67. The van der Waals surface area contributed by atoms with Crippen LogP contribution >= 0.6 is 23.4 Å². The fraction of sp³-hybridized carbons (Fsp3) is 0.250. The van der Waals surface area contributed by atoms with Crippen LogP contribution in [0.25, 0.3) is 0 Å². The molecule has 0 saturated heterocycles. The quantitative estimate of drug-likeness (QED) is 0.658. The molecule has 0 aliphatic heterocycles. The van der Waals surface area contributed by atoms with E-state index in [1.54, 1.807) is 0 Å². The summed E-state index contributed by atoms with van der Waals surface area (Å²) in [6.07, 6.45) is 3.20. The van der Waals surface area contributed by atoms with Crippen LogP contribution in [0.4, 0.5) is 4.39 Å². The van der Waals surface area contributed by atoms with Crippen LogP contribution in [0.3, 0.4) is 0 Å². The number of benzene rings is 1. The largest absolute Gasteiger partial charge is 0.380 e. The van der Waals surface area contributed by atoms with E-state index in [2.05, 4.69) is 5.32 Å². The molecule has 92 valence electrons. The van der Waals surface area contributed by atoms with Gasteiger partial charge in [0.25, 0.3) is 0 Å². The van der Waals surface area contributed by atoms with Crippen molar-refractivity contribution in [3.8, 4) is 0 Å². The molecule has 0 bridgehead atoms. The van der Waals surface area contributed by atoms with Gasteiger partial charge in [-0.15, -0.1) is 11.8 Å². The molecule has 17 heavy (non-hydrogen) atoms. The molecular formula is C12H13ClFNOS. The van der Waals surface area contributed by atoms with E-state index >= 15 is 0 Å². The molecule has 0 amide bonds. The second-order valence-electron chi connectivity index (χ2n) is 3.20. The molecule has 1 N–H and O–H groups in total. The van der Waals surface area contributed by atoms with Gasteiger partial charge in [-0.2, -0.15) is 0 Å². The van der Waals surface area contributed by atoms with Crippen LogP contribution in [0.1, 0.15) is 17.3 Å². The summed E-state index contributed by atoms with van der Waals surface area (Å²) in [5, 5.41) is 3.83. The van der Waals surface area contributed by atoms with E-state index in [0.29, 0.717) is 11.6 Å². The second-order valence-corrected chi connectivity index (χ2v) is 4.46. The van der Waals surface area contributed by atoms with Crippen molar-refractivity contribution in [3.63, 3.8) is 0 Å². The van der Waals surface area contributed by atoms with Crippen LogP contribution < -0.4 is 5.32 Å². The van der Waals surface area contributed by atoms with Gasteiger partial charge in [0.2, 0.25) is 0 Å². The molecule has 0 saturated carbocycles. The van der Waals surface area contributed by atoms with Crippen molar-refractivity contribution in [2.24, 2.45) is 0 Å². The Balaban J connectivity index is 3.04. The molecule has 5 heteroatoms. The van der Waals surface area contributed by atoms with Crippen molar-refractivity contribution < 1.29 is 9.18 Å². The number of thioether (sulfide) groups is 1. The molecular weight excluding hydrogens is 261 g/mol. The summed E-state index contributed by atoms with van der Waals surface area (Å²) in [6, 6.07) is 4.19. The number of rotatable bonds is 5. The van der Waals surface area contributed by atoms with Crippen molar-refractivity contribution in [1.82, 2.24) is 5.32 Å². The van der Waals surface area contributed by atoms with Gasteiger partial charge in [-0.05, 0) is 25.3 Å². The third-order valence-electron chi connectivity index (χ3n) is 2.04. The van der Waals surface area contributed by atoms with E-state index in [4.69, 9.17) is 11.6 Å². The third kappa shape index (κ3) is 3.75. The lowest BCUT2D eigenvalue weighted by Gasteiger charge is -2.06. The Hall–Kier alpha value is -1.000. The first-order valence-corrected chi connectivity index (χ1v) is 6.68. The Morgan fingerprint density at radius 3 is 2.82 bits per heavy atom. The standard InChI is InChI=1S/C12H13ClFNOS/c1-3-15-11(17-2)7-10(16)12-8(13)5-4-6-9(12)14/h4-7,15H,3H2,1-2H3/b11-7+. The molecule has 0 unspecified atom stereocenters. The summed E-state index contributed by atoms with van der Waals surface area (Å²) in [4.78, 5) is 11.9. The molecule has 0 atom stereocenters. The molecule has 2 nitrogen and oxygen atoms in total. The first kappa shape index (κ1) is 14.1. The Bertz CT molecular complexity index is 428. The van der Waals surface area contributed by atoms with Crippen molar-refractivity contribution in [2.45, 2.75) is 6.92 Å². The minimum Gasteiger partial charge on any atom is -0.380 e. The molecule has 1 aromatic carbocycles. The molecule has 0 aliphatic rings. The zero-order valence-corrected chi connectivity index (χ0v) is 11.2. The van der Waals surface area contributed by atoms with Gasteiger partial charge in [0, 0.05) is 12.6 Å². The van der Waals surface area contributed by atoms with E-state index in [9.17, 15) is 9.18 Å². The molecule has 0 spiro atoms. The van der Waals surface area contributed by atoms with Gasteiger partial charge in [-0.1, -0.05) is 17.7 Å². The van der Waals surface area contributed by atoms with Crippen LogP contribution in [0.2, 0.25) is 5.02 Å². The summed E-state index contributed by atoms with van der Waals surface area (Å²) >= 11 is 7.20. The highest BCUT2D eigenvalue weighted by Gasteiger charge is 2.14. The maximum absolute atomic E-state index is 13.5. The number of ketones is 1. The van der Waals surface area contributed by atoms with Gasteiger partial charge < -0.3 is 5.32 Å². The van der Waals surface area contributed by atoms with Gasteiger partial charge in [0.15, 0.2) is 5.78 Å². The molecule has 0 fully saturated rings. The van der Waals surface area contributed by atoms with Gasteiger partial charge in [0.05, 0.1) is 15.6 Å². The van der Waals surface area contributed by atoms with E-state index in [1.807, 2.05) is 13.2 Å². The molecule has 1 aromatic rings. The van der Waals surface area contributed by atoms with E-state index in [0.717, 1.165) is 0 Å². The molecule has 0 heterocycles. The number of carbonyl (C=O) groups is 1. The van der Waals surface area contributed by atoms with E-state index in [-0.39, 0.29) is 10.6 Å². The monoisotopic (exact) mass is 273 g/mol. The number of halogens is 2. The first-order valence-electron chi connectivity index (χ1n) is 5.08. The third-order valence-corrected chi connectivity index (χ3v) is 3.06. The van der Waals surface area contributed by atoms with E-state index < -0.39 is 11.6 Å². The predicted octanol–water partition coefficient (Wildman–Crippen LogP) is 3.48. The van der Waals surface area contributed by atoms with Crippen molar-refractivity contribution in [2.75, 3.05) is 12.8 Å². The van der Waals surface area contributed by atoms with Crippen LogP contribution in [-0.4, -0.2) is 18.6 Å². The Labute approximate surface area is 109 Å². The highest BCUT2D eigenvalue weighted by Crippen LogP contribution is 2.21. The maximum atomic E-state index is 13.5. The van der Waals surface area contributed by atoms with Crippen molar-refractivity contribution >= 4 is 29.1 Å². The number of hydrogen-bond donors (Lipinski definition) is 1. The number of allylic oxidation sites excluding steroid dienone is 1. The van der Waals surface area contributed by atoms with Crippen molar-refractivity contribution in [1.29, 1.82) is 0 Å². The minimum atomic E-state index is -0.601. The summed E-state index contributed by atoms with van der Waals surface area (Å²) in [5.74, 6) is -1.03. The molecule has 0 aromatic heterocycles. The van der Waals surface area contributed by atoms with Gasteiger partial charge in [0.1, 0.15) is 5.82 Å². The predicted molar refractivity (Wildman–Crippen MR) is 71.0 cm³/mol. The first-order chi connectivity index (χ1) is 8.10. The topological polar surface area (TPSA) is 29.1 Å². The highest BCUT2D eigenvalue weighted by molar-refractivity contribution is 8.02. The van der Waals surface area contributed by atoms with Crippen LogP contribution in [-0.2, 0) is 0 Å². The normalized spacial score (nSPS) is 11.4. The lowest BCUT2D eigenvalue weighted by molar-refractivity contribution is 0.104. The smallest absolute Gasteiger partial charge is 0.192 e. The number of hydrogen-bond acceptors (Lipinski definition) is 3. The fourth-order valence-electron chi connectivity index (χ4n) is 1.28. The lowest BCUT2D eigenvalue weighted by atomic mass is 10.1. The number of carbonyl (C=O) groups excluding carboxylic acids is 1. The summed E-state index contributed by atoms with van der Waals surface area (Å²) < 4.78 is 13.5. The van der Waals surface area contributed by atoms with Crippen LogP contribution in [0.15, 0.2) is 29.3 Å². The van der Waals surface area contributed by atoms with Crippen LogP contribution in [0, 0.1) is 5.82 Å². The number of nitrogens with one attached hydrogen (secondary N) is 1. The molecule has 0 aliphatic carbocycles. The van der Waals surface area contributed by atoms with Gasteiger partial charge >= 0.3 is 0 Å². The Kier molecular flexibility index (Phi) is 5.51. The average Bonchev–Trinajstić information content (AvgIpc) is 2.28. The van der Waals surface area contributed by atoms with E-state index in [1.165, 1.54) is 36.0 Å². The average molecular weight is 274 g/mol. The lowest BCUT2D eigenvalue weighted by Crippen LogP contribution is -2.12. The summed E-state index contributed by atoms with van der Waals surface area (Å²) in [5.41, 5.74) is -0.0846. The summed E-state index contributed by atoms with van der Waals surface area (Å²) in [6.45, 7) is 2.62. The SMILES string of the molecule is CCN/C(=C\C(=O)c1c(F)cccc1Cl)SC. The minimum absolute atomic E-state index is 0.0846. The fourth-order valence-corrected chi connectivity index (χ4v) is 2.05. The Morgan fingerprint density at radius 2 is 2.29 bits per heavy atom. The zero-order valence-electron chi connectivity index (χ0n) is 9.59. The van der Waals surface area contributed by atoms with Gasteiger partial charge in [-0.25, -0.2) is 4.39 Å². The molecule has 0 radical (unpaired) electrons. The van der Waals surface area contributed by atoms with Gasteiger partial charge in [-0.3, -0.25) is 4.79 Å². The Morgan fingerprint density at radius 1 is 1.59 bits per heavy atom. The highest BCUT2D eigenvalue weighted by atomic mass is 35.5. The molecule has 1 rings (SSSR count). The maximum Gasteiger partial charge on any atom is 0.192 e. The van der Waals surface area contributed by atoms with Crippen LogP contribution in [0.5, 0.6) is 0 Å². The van der Waals surface area contributed by atoms with Crippen molar-refractivity contribution in [3.05, 3.63) is 45.7 Å². The summed E-state index contributed by atoms with van der Waals surface area (Å²) in [7, 11) is 0. The zero-order chi connectivity index (χ0) is 12.8.